The Morgan fingerprint density at radius 2 is 2.47 bits per heavy atom. The molecule has 1 aliphatic rings. The fourth-order valence-electron chi connectivity index (χ4n) is 2.52. The Kier molecular flexibility index (Phi) is 5.86. The van der Waals surface area contributed by atoms with Gasteiger partial charge in [-0.05, 0) is 37.3 Å². The first kappa shape index (κ1) is 14.5. The molecule has 1 aromatic heterocycles. The summed E-state index contributed by atoms with van der Waals surface area (Å²) in [6, 6.07) is 4.57. The first-order chi connectivity index (χ1) is 9.29. The Morgan fingerprint density at radius 1 is 1.58 bits per heavy atom. The van der Waals surface area contributed by atoms with Gasteiger partial charge in [0.25, 0.3) is 0 Å². The third-order valence-corrected chi connectivity index (χ3v) is 4.52. The molecule has 0 saturated carbocycles. The molecule has 0 spiro atoms. The molecule has 0 radical (unpaired) electrons. The maximum atomic E-state index is 12.4. The van der Waals surface area contributed by atoms with Gasteiger partial charge in [-0.1, -0.05) is 19.4 Å². The molecule has 2 heterocycles. The summed E-state index contributed by atoms with van der Waals surface area (Å²) in [6.07, 6.45) is 5.25. The highest BCUT2D eigenvalue weighted by Crippen LogP contribution is 2.13. The molecule has 19 heavy (non-hydrogen) atoms. The molecule has 1 N–H and O–H groups in total. The fraction of sp³-hybridized carbons (Fsp3) is 0.667. The number of amides is 1. The second kappa shape index (κ2) is 7.65. The third kappa shape index (κ3) is 4.62. The summed E-state index contributed by atoms with van der Waals surface area (Å²) in [4.78, 5) is 15.6. The van der Waals surface area contributed by atoms with Gasteiger partial charge >= 0.3 is 0 Å². The first-order valence-corrected chi connectivity index (χ1v) is 8.21. The summed E-state index contributed by atoms with van der Waals surface area (Å²) in [5.41, 5.74) is 0. The number of thiophene rings is 1. The van der Waals surface area contributed by atoms with E-state index < -0.39 is 0 Å². The molecule has 4 heteroatoms. The Morgan fingerprint density at radius 3 is 3.11 bits per heavy atom. The van der Waals surface area contributed by atoms with Gasteiger partial charge in [0.15, 0.2) is 0 Å². The second-order valence-corrected chi connectivity index (χ2v) is 6.27. The van der Waals surface area contributed by atoms with Crippen molar-refractivity contribution in [2.24, 2.45) is 0 Å². The Balaban J connectivity index is 1.88. The number of carbonyl (C=O) groups excluding carboxylic acids is 1. The van der Waals surface area contributed by atoms with Crippen LogP contribution < -0.4 is 5.32 Å². The Hall–Kier alpha value is -0.870. The minimum Gasteiger partial charge on any atom is -0.341 e. The highest BCUT2D eigenvalue weighted by molar-refractivity contribution is 7.10. The van der Waals surface area contributed by atoms with Crippen LogP contribution >= 0.6 is 11.3 Å². The number of nitrogens with zero attached hydrogens (tertiary/aromatic N) is 1. The van der Waals surface area contributed by atoms with E-state index in [1.54, 1.807) is 11.3 Å². The van der Waals surface area contributed by atoms with E-state index in [0.717, 1.165) is 32.5 Å². The minimum absolute atomic E-state index is 0.282. The van der Waals surface area contributed by atoms with E-state index in [4.69, 9.17) is 0 Å². The lowest BCUT2D eigenvalue weighted by Crippen LogP contribution is -2.42. The molecule has 0 bridgehead atoms. The molecule has 0 aliphatic carbocycles. The average molecular weight is 280 g/mol. The number of hydrogen-bond acceptors (Lipinski definition) is 3. The summed E-state index contributed by atoms with van der Waals surface area (Å²) in [6.45, 7) is 5.06. The Bertz CT molecular complexity index is 372. The summed E-state index contributed by atoms with van der Waals surface area (Å²) >= 11 is 1.67. The molecule has 1 unspecified atom stereocenters. The maximum absolute atomic E-state index is 12.4. The van der Waals surface area contributed by atoms with Crippen LogP contribution in [-0.2, 0) is 11.2 Å². The molecule has 1 aromatic rings. The van der Waals surface area contributed by atoms with Gasteiger partial charge in [-0.3, -0.25) is 4.79 Å². The molecule has 106 valence electrons. The molecular weight excluding hydrogens is 256 g/mol. The van der Waals surface area contributed by atoms with E-state index in [9.17, 15) is 4.79 Å². The smallest absolute Gasteiger partial charge is 0.227 e. The van der Waals surface area contributed by atoms with Crippen LogP contribution in [0.5, 0.6) is 0 Å². The minimum atomic E-state index is 0.282. The van der Waals surface area contributed by atoms with Crippen molar-refractivity contribution in [1.29, 1.82) is 0 Å². The molecule has 2 rings (SSSR count). The summed E-state index contributed by atoms with van der Waals surface area (Å²) < 4.78 is 0. The van der Waals surface area contributed by atoms with Gasteiger partial charge in [-0.2, -0.15) is 0 Å². The monoisotopic (exact) mass is 280 g/mol. The van der Waals surface area contributed by atoms with Crippen LogP contribution in [-0.4, -0.2) is 36.5 Å². The van der Waals surface area contributed by atoms with E-state index in [0.29, 0.717) is 12.5 Å². The third-order valence-electron chi connectivity index (χ3n) is 3.64. The van der Waals surface area contributed by atoms with Crippen LogP contribution in [0.25, 0.3) is 0 Å². The van der Waals surface area contributed by atoms with E-state index in [1.807, 2.05) is 17.5 Å². The molecule has 1 atom stereocenters. The molecule has 0 aromatic carbocycles. The summed E-state index contributed by atoms with van der Waals surface area (Å²) in [7, 11) is 0. The van der Waals surface area contributed by atoms with E-state index in [1.165, 1.54) is 17.7 Å². The van der Waals surface area contributed by atoms with Gasteiger partial charge in [-0.25, -0.2) is 0 Å². The normalized spacial score (nSPS) is 18.7. The predicted octanol–water partition coefficient (Wildman–Crippen LogP) is 2.67. The van der Waals surface area contributed by atoms with Crippen molar-refractivity contribution in [2.45, 2.75) is 45.1 Å². The zero-order valence-electron chi connectivity index (χ0n) is 11.7. The van der Waals surface area contributed by atoms with E-state index in [-0.39, 0.29) is 5.91 Å². The van der Waals surface area contributed by atoms with Crippen molar-refractivity contribution in [2.75, 3.05) is 19.6 Å². The lowest BCUT2D eigenvalue weighted by Gasteiger charge is -2.25. The first-order valence-electron chi connectivity index (χ1n) is 7.33. The maximum Gasteiger partial charge on any atom is 0.227 e. The quantitative estimate of drug-likeness (QED) is 0.833. The molecule has 1 fully saturated rings. The van der Waals surface area contributed by atoms with E-state index >= 15 is 0 Å². The lowest BCUT2D eigenvalue weighted by atomic mass is 10.2. The number of unbranched alkanes of at least 4 members (excludes halogenated alkanes) is 1. The predicted molar refractivity (Wildman–Crippen MR) is 80.5 cm³/mol. The van der Waals surface area contributed by atoms with Gasteiger partial charge in [-0.15, -0.1) is 11.3 Å². The standard InChI is InChI=1S/C15H24N2OS/c1-2-3-9-17(12-13-6-4-8-16-13)15(18)11-14-7-5-10-19-14/h5,7,10,13,16H,2-4,6,8-9,11-12H2,1H3. The van der Waals surface area contributed by atoms with Crippen LogP contribution in [0.4, 0.5) is 0 Å². The van der Waals surface area contributed by atoms with Gasteiger partial charge in [0, 0.05) is 24.0 Å². The topological polar surface area (TPSA) is 32.3 Å². The zero-order chi connectivity index (χ0) is 13.5. The molecular formula is C15H24N2OS. The van der Waals surface area contributed by atoms with Crippen molar-refractivity contribution in [1.82, 2.24) is 10.2 Å². The van der Waals surface area contributed by atoms with Crippen molar-refractivity contribution in [3.05, 3.63) is 22.4 Å². The largest absolute Gasteiger partial charge is 0.341 e. The second-order valence-electron chi connectivity index (χ2n) is 5.24. The fourth-order valence-corrected chi connectivity index (χ4v) is 3.22. The Labute approximate surface area is 120 Å². The molecule has 1 amide bonds. The van der Waals surface area contributed by atoms with Crippen LogP contribution in [0.2, 0.25) is 0 Å². The number of carbonyl (C=O) groups is 1. The van der Waals surface area contributed by atoms with Crippen LogP contribution in [0.3, 0.4) is 0 Å². The molecule has 1 saturated heterocycles. The SMILES string of the molecule is CCCCN(CC1CCCN1)C(=O)Cc1cccs1. The van der Waals surface area contributed by atoms with E-state index in [2.05, 4.69) is 17.1 Å². The van der Waals surface area contributed by atoms with Crippen molar-refractivity contribution in [3.8, 4) is 0 Å². The van der Waals surface area contributed by atoms with Gasteiger partial charge in [0.2, 0.25) is 5.91 Å². The summed E-state index contributed by atoms with van der Waals surface area (Å²) in [5.74, 6) is 0.282. The number of rotatable bonds is 7. The van der Waals surface area contributed by atoms with Gasteiger partial charge < -0.3 is 10.2 Å². The lowest BCUT2D eigenvalue weighted by molar-refractivity contribution is -0.130. The van der Waals surface area contributed by atoms with Gasteiger partial charge in [0.1, 0.15) is 0 Å². The van der Waals surface area contributed by atoms with Crippen molar-refractivity contribution in [3.63, 3.8) is 0 Å². The van der Waals surface area contributed by atoms with Crippen LogP contribution in [0, 0.1) is 0 Å². The highest BCUT2D eigenvalue weighted by Gasteiger charge is 2.21. The number of nitrogens with one attached hydrogen (secondary N) is 1. The zero-order valence-corrected chi connectivity index (χ0v) is 12.5. The molecule has 3 nitrogen and oxygen atoms in total. The summed E-state index contributed by atoms with van der Waals surface area (Å²) in [5, 5.41) is 5.53. The highest BCUT2D eigenvalue weighted by atomic mass is 32.1. The van der Waals surface area contributed by atoms with Crippen LogP contribution in [0.15, 0.2) is 17.5 Å². The molecule has 1 aliphatic heterocycles. The van der Waals surface area contributed by atoms with Crippen LogP contribution in [0.1, 0.15) is 37.5 Å². The van der Waals surface area contributed by atoms with Crippen molar-refractivity contribution >= 4 is 17.2 Å². The number of hydrogen-bond donors (Lipinski definition) is 1. The van der Waals surface area contributed by atoms with Gasteiger partial charge in [0.05, 0.1) is 6.42 Å². The van der Waals surface area contributed by atoms with Crippen molar-refractivity contribution < 1.29 is 4.79 Å². The average Bonchev–Trinajstić information content (AvgIpc) is 3.07.